The Bertz CT molecular complexity index is 1340. The first kappa shape index (κ1) is 21.6. The Hall–Kier alpha value is -3.19. The number of halogens is 1. The molecule has 0 N–H and O–H groups in total. The summed E-state index contributed by atoms with van der Waals surface area (Å²) in [5.41, 5.74) is 7.12. The number of benzene rings is 1. The third-order valence-electron chi connectivity index (χ3n) is 7.21. The van der Waals surface area contributed by atoms with Gasteiger partial charge in [0.25, 0.3) is 0 Å². The van der Waals surface area contributed by atoms with Crippen LogP contribution in [-0.2, 0) is 16.1 Å². The number of likely N-dealkylation sites (tertiary alicyclic amines) is 1. The quantitative estimate of drug-likeness (QED) is 0.553. The average Bonchev–Trinajstić information content (AvgIpc) is 3.04. The second kappa shape index (κ2) is 7.70. The molecule has 5 rings (SSSR count). The van der Waals surface area contributed by atoms with Crippen molar-refractivity contribution >= 4 is 34.3 Å². The fraction of sp³-hybridized carbons (Fsp3) is 0.360. The fourth-order valence-electron chi connectivity index (χ4n) is 5.29. The zero-order valence-electron chi connectivity index (χ0n) is 19.2. The molecule has 1 fully saturated rings. The highest BCUT2D eigenvalue weighted by Gasteiger charge is 2.36. The molecular weight excluding hydrogens is 438 g/mol. The number of hydrogen-bond donors (Lipinski definition) is 0. The van der Waals surface area contributed by atoms with Crippen LogP contribution in [0.2, 0.25) is 5.02 Å². The van der Waals surface area contributed by atoms with Crippen LogP contribution >= 0.6 is 11.6 Å². The number of fused-ring (bicyclic) bond motifs is 2. The van der Waals surface area contributed by atoms with Crippen molar-refractivity contribution in [3.05, 3.63) is 58.8 Å². The third-order valence-corrected chi connectivity index (χ3v) is 7.52. The predicted molar refractivity (Wildman–Crippen MR) is 128 cm³/mol. The van der Waals surface area contributed by atoms with Crippen LogP contribution in [0.4, 0.5) is 0 Å². The highest BCUT2D eigenvalue weighted by Crippen LogP contribution is 2.50. The standard InChI is InChI=1S/C25H26ClN5O2/c1-6-19(32)30-9-16(10-30)29(5)20(33)11-31-15(4)22-17-8-27-12-28-24(17)14(3)21-18(26)7-13(2)25(31)23(21)22/h6-8,12,14,16H,1,9-11H2,2-5H3. The number of aryl methyl sites for hydroxylation is 1. The van der Waals surface area contributed by atoms with Gasteiger partial charge in [0, 0.05) is 59.5 Å². The van der Waals surface area contributed by atoms with Crippen molar-refractivity contribution in [3.63, 3.8) is 0 Å². The molecule has 1 aliphatic heterocycles. The van der Waals surface area contributed by atoms with Gasteiger partial charge in [0.15, 0.2) is 0 Å². The first-order valence-electron chi connectivity index (χ1n) is 11.0. The number of amides is 2. The van der Waals surface area contributed by atoms with Gasteiger partial charge in [-0.05, 0) is 37.1 Å². The summed E-state index contributed by atoms with van der Waals surface area (Å²) in [6, 6.07) is 2.00. The molecule has 1 unspecified atom stereocenters. The van der Waals surface area contributed by atoms with Crippen molar-refractivity contribution in [2.45, 2.75) is 39.3 Å². The van der Waals surface area contributed by atoms with Crippen molar-refractivity contribution in [1.82, 2.24) is 24.3 Å². The van der Waals surface area contributed by atoms with Gasteiger partial charge in [0.1, 0.15) is 12.9 Å². The summed E-state index contributed by atoms with van der Waals surface area (Å²) in [5.74, 6) is -0.0644. The molecule has 0 saturated carbocycles. The van der Waals surface area contributed by atoms with E-state index in [9.17, 15) is 9.59 Å². The maximum absolute atomic E-state index is 13.3. The topological polar surface area (TPSA) is 71.3 Å². The first-order chi connectivity index (χ1) is 15.7. The lowest BCUT2D eigenvalue weighted by Gasteiger charge is -2.43. The maximum atomic E-state index is 13.3. The average molecular weight is 464 g/mol. The summed E-state index contributed by atoms with van der Waals surface area (Å²) in [4.78, 5) is 37.4. The van der Waals surface area contributed by atoms with Crippen LogP contribution in [0.25, 0.3) is 22.0 Å². The minimum atomic E-state index is -0.0996. The molecule has 7 nitrogen and oxygen atoms in total. The Balaban J connectivity index is 1.57. The second-order valence-corrected chi connectivity index (χ2v) is 9.42. The van der Waals surface area contributed by atoms with E-state index in [0.717, 1.165) is 49.6 Å². The van der Waals surface area contributed by atoms with Crippen LogP contribution in [0.15, 0.2) is 31.2 Å². The first-order valence-corrected chi connectivity index (χ1v) is 11.4. The van der Waals surface area contributed by atoms with E-state index in [1.807, 2.05) is 33.2 Å². The molecule has 33 heavy (non-hydrogen) atoms. The normalized spacial score (nSPS) is 17.0. The van der Waals surface area contributed by atoms with Gasteiger partial charge in [-0.3, -0.25) is 9.59 Å². The SMILES string of the molecule is C=CC(=O)N1CC(N(C)C(=O)Cn2c(C)c3c4c(c(Cl)cc(C)c42)C(C)c2ncncc2-3)C1. The Kier molecular flexibility index (Phi) is 5.05. The van der Waals surface area contributed by atoms with Gasteiger partial charge in [0.05, 0.1) is 17.3 Å². The number of hydrogen-bond acceptors (Lipinski definition) is 4. The van der Waals surface area contributed by atoms with Crippen LogP contribution in [0, 0.1) is 13.8 Å². The second-order valence-electron chi connectivity index (χ2n) is 9.01. The number of nitrogens with zero attached hydrogens (tertiary/aromatic N) is 5. The highest BCUT2D eigenvalue weighted by molar-refractivity contribution is 6.33. The molecule has 1 aromatic carbocycles. The molecule has 170 valence electrons. The molecule has 0 spiro atoms. The summed E-state index contributed by atoms with van der Waals surface area (Å²) in [5, 5.41) is 1.81. The maximum Gasteiger partial charge on any atom is 0.246 e. The lowest BCUT2D eigenvalue weighted by atomic mass is 9.82. The zero-order valence-corrected chi connectivity index (χ0v) is 20.0. The van der Waals surface area contributed by atoms with E-state index in [-0.39, 0.29) is 30.3 Å². The molecule has 3 aromatic rings. The van der Waals surface area contributed by atoms with Crippen molar-refractivity contribution < 1.29 is 9.59 Å². The van der Waals surface area contributed by atoms with Gasteiger partial charge in [-0.15, -0.1) is 0 Å². The van der Waals surface area contributed by atoms with Gasteiger partial charge in [-0.25, -0.2) is 9.97 Å². The fourth-order valence-corrected chi connectivity index (χ4v) is 5.71. The lowest BCUT2D eigenvalue weighted by molar-refractivity contribution is -0.142. The number of rotatable bonds is 4. The summed E-state index contributed by atoms with van der Waals surface area (Å²) >= 11 is 6.75. The Morgan fingerprint density at radius 2 is 2.06 bits per heavy atom. The van der Waals surface area contributed by atoms with Gasteiger partial charge in [-0.1, -0.05) is 25.1 Å². The molecular formula is C25H26ClN5O2. The van der Waals surface area contributed by atoms with E-state index >= 15 is 0 Å². The predicted octanol–water partition coefficient (Wildman–Crippen LogP) is 3.69. The molecule has 1 atom stereocenters. The summed E-state index contributed by atoms with van der Waals surface area (Å²) in [6.07, 6.45) is 4.74. The van der Waals surface area contributed by atoms with E-state index in [4.69, 9.17) is 11.6 Å². The summed E-state index contributed by atoms with van der Waals surface area (Å²) in [7, 11) is 1.81. The molecule has 8 heteroatoms. The van der Waals surface area contributed by atoms with E-state index in [1.165, 1.54) is 6.08 Å². The number of carbonyl (C=O) groups is 2. The van der Waals surface area contributed by atoms with E-state index in [1.54, 1.807) is 16.1 Å². The van der Waals surface area contributed by atoms with Crippen LogP contribution in [-0.4, -0.2) is 62.3 Å². The van der Waals surface area contributed by atoms with Crippen LogP contribution in [0.5, 0.6) is 0 Å². The van der Waals surface area contributed by atoms with Crippen molar-refractivity contribution in [2.75, 3.05) is 20.1 Å². The van der Waals surface area contributed by atoms with Crippen LogP contribution in [0.1, 0.15) is 35.4 Å². The van der Waals surface area contributed by atoms with Gasteiger partial charge < -0.3 is 14.4 Å². The van der Waals surface area contributed by atoms with Crippen LogP contribution < -0.4 is 0 Å². The van der Waals surface area contributed by atoms with Gasteiger partial charge >= 0.3 is 0 Å². The molecule has 0 bridgehead atoms. The third kappa shape index (κ3) is 3.09. The molecule has 2 aliphatic rings. The molecule has 1 aliphatic carbocycles. The molecule has 2 aromatic heterocycles. The number of likely N-dealkylation sites (N-methyl/N-ethyl adjacent to an activating group) is 1. The lowest BCUT2D eigenvalue weighted by Crippen LogP contribution is -2.61. The largest absolute Gasteiger partial charge is 0.338 e. The number of carbonyl (C=O) groups excluding carboxylic acids is 2. The Labute approximate surface area is 197 Å². The van der Waals surface area contributed by atoms with Gasteiger partial charge in [-0.2, -0.15) is 0 Å². The molecule has 1 saturated heterocycles. The minimum Gasteiger partial charge on any atom is -0.338 e. The minimum absolute atomic E-state index is 0.00461. The van der Waals surface area contributed by atoms with E-state index in [0.29, 0.717) is 13.1 Å². The zero-order chi connectivity index (χ0) is 23.6. The smallest absolute Gasteiger partial charge is 0.246 e. The summed E-state index contributed by atoms with van der Waals surface area (Å²) in [6.45, 7) is 11.0. The van der Waals surface area contributed by atoms with Crippen molar-refractivity contribution in [3.8, 4) is 11.1 Å². The van der Waals surface area contributed by atoms with E-state index < -0.39 is 0 Å². The Morgan fingerprint density at radius 3 is 2.76 bits per heavy atom. The van der Waals surface area contributed by atoms with E-state index in [2.05, 4.69) is 28.0 Å². The number of aromatic nitrogens is 3. The molecule has 2 amide bonds. The molecule has 0 radical (unpaired) electrons. The van der Waals surface area contributed by atoms with Crippen molar-refractivity contribution in [2.24, 2.45) is 0 Å². The van der Waals surface area contributed by atoms with Crippen LogP contribution in [0.3, 0.4) is 0 Å². The van der Waals surface area contributed by atoms with Crippen molar-refractivity contribution in [1.29, 1.82) is 0 Å². The Morgan fingerprint density at radius 1 is 1.33 bits per heavy atom. The molecule has 3 heterocycles. The summed E-state index contributed by atoms with van der Waals surface area (Å²) < 4.78 is 2.10. The monoisotopic (exact) mass is 463 g/mol. The highest BCUT2D eigenvalue weighted by atomic mass is 35.5. The van der Waals surface area contributed by atoms with Gasteiger partial charge in [0.2, 0.25) is 11.8 Å².